The highest BCUT2D eigenvalue weighted by Gasteiger charge is 2.40. The van der Waals surface area contributed by atoms with Crippen molar-refractivity contribution in [2.75, 3.05) is 13.7 Å². The minimum absolute atomic E-state index is 0.307. The monoisotopic (exact) mass is 295 g/mol. The number of hydrogen-bond acceptors (Lipinski definition) is 5. The lowest BCUT2D eigenvalue weighted by Crippen LogP contribution is -2.32. The molecule has 1 aliphatic carbocycles. The Kier molecular flexibility index (Phi) is 6.18. The third kappa shape index (κ3) is 4.04. The molecule has 0 amide bonds. The molecule has 1 heterocycles. The highest BCUT2D eigenvalue weighted by molar-refractivity contribution is 5.05. The van der Waals surface area contributed by atoms with E-state index in [1.165, 1.54) is 12.8 Å². The number of ether oxygens (including phenoxy) is 1. The van der Waals surface area contributed by atoms with E-state index in [1.54, 1.807) is 7.11 Å². The standard InChI is InChI=1S/C16H29N3O2/c1-4-8-13(17-11-5-2)12-14-18-15(19-21-14)16(20-3)9-6-7-10-16/h13,17H,4-12H2,1-3H3. The number of hydrogen-bond donors (Lipinski definition) is 1. The number of aromatic nitrogens is 2. The molecule has 1 N–H and O–H groups in total. The summed E-state index contributed by atoms with van der Waals surface area (Å²) >= 11 is 0. The van der Waals surface area contributed by atoms with Crippen LogP contribution in [-0.4, -0.2) is 29.8 Å². The van der Waals surface area contributed by atoms with Gasteiger partial charge >= 0.3 is 0 Å². The maximum atomic E-state index is 5.71. The van der Waals surface area contributed by atoms with Gasteiger partial charge in [0.2, 0.25) is 11.7 Å². The predicted molar refractivity (Wildman–Crippen MR) is 82.1 cm³/mol. The molecule has 2 rings (SSSR count). The van der Waals surface area contributed by atoms with E-state index >= 15 is 0 Å². The van der Waals surface area contributed by atoms with Crippen molar-refractivity contribution < 1.29 is 9.26 Å². The summed E-state index contributed by atoms with van der Waals surface area (Å²) in [4.78, 5) is 4.62. The number of rotatable bonds is 9. The Hall–Kier alpha value is -0.940. The quantitative estimate of drug-likeness (QED) is 0.758. The average molecular weight is 295 g/mol. The van der Waals surface area contributed by atoms with Crippen molar-refractivity contribution in [1.29, 1.82) is 0 Å². The Morgan fingerprint density at radius 3 is 2.67 bits per heavy atom. The first-order chi connectivity index (χ1) is 10.2. The van der Waals surface area contributed by atoms with Crippen molar-refractivity contribution >= 4 is 0 Å². The number of methoxy groups -OCH3 is 1. The highest BCUT2D eigenvalue weighted by Crippen LogP contribution is 2.40. The van der Waals surface area contributed by atoms with Crippen LogP contribution >= 0.6 is 0 Å². The second-order valence-corrected chi connectivity index (χ2v) is 6.06. The van der Waals surface area contributed by atoms with Crippen LogP contribution in [0.15, 0.2) is 4.52 Å². The fraction of sp³-hybridized carbons (Fsp3) is 0.875. The summed E-state index contributed by atoms with van der Waals surface area (Å²) < 4.78 is 11.2. The first-order valence-corrected chi connectivity index (χ1v) is 8.35. The third-order valence-corrected chi connectivity index (χ3v) is 4.42. The average Bonchev–Trinajstić information content (AvgIpc) is 3.14. The molecule has 5 nitrogen and oxygen atoms in total. The smallest absolute Gasteiger partial charge is 0.228 e. The molecule has 1 aromatic heterocycles. The molecule has 0 spiro atoms. The molecule has 1 atom stereocenters. The van der Waals surface area contributed by atoms with Gasteiger partial charge in [-0.15, -0.1) is 0 Å². The fourth-order valence-corrected chi connectivity index (χ4v) is 3.17. The van der Waals surface area contributed by atoms with Crippen molar-refractivity contribution in [1.82, 2.24) is 15.5 Å². The van der Waals surface area contributed by atoms with Crippen LogP contribution in [-0.2, 0) is 16.8 Å². The summed E-state index contributed by atoms with van der Waals surface area (Å²) in [6.07, 6.45) is 8.58. The van der Waals surface area contributed by atoms with E-state index in [0.717, 1.165) is 56.8 Å². The first kappa shape index (κ1) is 16.4. The molecule has 1 unspecified atom stereocenters. The zero-order chi connectivity index (χ0) is 15.1. The van der Waals surface area contributed by atoms with E-state index in [4.69, 9.17) is 9.26 Å². The Morgan fingerprint density at radius 1 is 1.29 bits per heavy atom. The molecule has 1 aromatic rings. The summed E-state index contributed by atoms with van der Waals surface area (Å²) in [6.45, 7) is 5.43. The van der Waals surface area contributed by atoms with Crippen molar-refractivity contribution in [3.8, 4) is 0 Å². The van der Waals surface area contributed by atoms with Crippen LogP contribution in [0, 0.1) is 0 Å². The van der Waals surface area contributed by atoms with Gasteiger partial charge in [0.05, 0.1) is 0 Å². The van der Waals surface area contributed by atoms with Crippen LogP contribution in [0.5, 0.6) is 0 Å². The lowest BCUT2D eigenvalue weighted by molar-refractivity contribution is -0.0178. The van der Waals surface area contributed by atoms with E-state index in [1.807, 2.05) is 0 Å². The molecule has 0 aliphatic heterocycles. The zero-order valence-electron chi connectivity index (χ0n) is 13.7. The van der Waals surface area contributed by atoms with E-state index in [9.17, 15) is 0 Å². The van der Waals surface area contributed by atoms with E-state index in [-0.39, 0.29) is 5.60 Å². The summed E-state index contributed by atoms with van der Waals surface area (Å²) in [5.41, 5.74) is -0.307. The fourth-order valence-electron chi connectivity index (χ4n) is 3.17. The normalized spacial score (nSPS) is 19.0. The Bertz CT molecular complexity index is 413. The van der Waals surface area contributed by atoms with Crippen molar-refractivity contribution in [3.05, 3.63) is 11.7 Å². The lowest BCUT2D eigenvalue weighted by atomic mass is 10.0. The Balaban J connectivity index is 2.01. The lowest BCUT2D eigenvalue weighted by Gasteiger charge is -2.22. The Labute approximate surface area is 127 Å². The molecular formula is C16H29N3O2. The van der Waals surface area contributed by atoms with Crippen LogP contribution in [0.25, 0.3) is 0 Å². The molecule has 0 bridgehead atoms. The second kappa shape index (κ2) is 7.90. The van der Waals surface area contributed by atoms with Gasteiger partial charge in [-0.1, -0.05) is 25.4 Å². The highest BCUT2D eigenvalue weighted by atomic mass is 16.5. The van der Waals surface area contributed by atoms with Gasteiger partial charge in [0, 0.05) is 19.6 Å². The van der Waals surface area contributed by atoms with Gasteiger partial charge in [0.25, 0.3) is 0 Å². The van der Waals surface area contributed by atoms with Crippen LogP contribution in [0.4, 0.5) is 0 Å². The summed E-state index contributed by atoms with van der Waals surface area (Å²) in [5.74, 6) is 1.47. The Morgan fingerprint density at radius 2 is 2.05 bits per heavy atom. The van der Waals surface area contributed by atoms with Crippen molar-refractivity contribution in [2.24, 2.45) is 0 Å². The van der Waals surface area contributed by atoms with Crippen LogP contribution in [0.2, 0.25) is 0 Å². The molecule has 0 saturated heterocycles. The van der Waals surface area contributed by atoms with Gasteiger partial charge in [-0.25, -0.2) is 0 Å². The maximum Gasteiger partial charge on any atom is 0.228 e. The van der Waals surface area contributed by atoms with Crippen molar-refractivity contribution in [3.63, 3.8) is 0 Å². The van der Waals surface area contributed by atoms with E-state index < -0.39 is 0 Å². The molecule has 5 heteroatoms. The molecule has 21 heavy (non-hydrogen) atoms. The molecule has 1 fully saturated rings. The molecule has 120 valence electrons. The van der Waals surface area contributed by atoms with Gasteiger partial charge in [0.15, 0.2) is 0 Å². The van der Waals surface area contributed by atoms with Gasteiger partial charge in [0.1, 0.15) is 5.60 Å². The number of nitrogens with one attached hydrogen (secondary N) is 1. The summed E-state index contributed by atoms with van der Waals surface area (Å²) in [7, 11) is 1.75. The summed E-state index contributed by atoms with van der Waals surface area (Å²) in [6, 6.07) is 0.422. The molecule has 0 radical (unpaired) electrons. The molecular weight excluding hydrogens is 266 g/mol. The third-order valence-electron chi connectivity index (χ3n) is 4.42. The first-order valence-electron chi connectivity index (χ1n) is 8.35. The summed E-state index contributed by atoms with van der Waals surface area (Å²) in [5, 5.41) is 7.76. The van der Waals surface area contributed by atoms with Gasteiger partial charge in [-0.05, 0) is 45.1 Å². The van der Waals surface area contributed by atoms with Crippen LogP contribution in [0.3, 0.4) is 0 Å². The largest absolute Gasteiger partial charge is 0.370 e. The maximum absolute atomic E-state index is 5.71. The number of nitrogens with zero attached hydrogens (tertiary/aromatic N) is 2. The minimum atomic E-state index is -0.307. The minimum Gasteiger partial charge on any atom is -0.370 e. The van der Waals surface area contributed by atoms with E-state index in [2.05, 4.69) is 29.3 Å². The van der Waals surface area contributed by atoms with E-state index in [0.29, 0.717) is 6.04 Å². The van der Waals surface area contributed by atoms with Crippen molar-refractivity contribution in [2.45, 2.75) is 76.9 Å². The topological polar surface area (TPSA) is 60.2 Å². The predicted octanol–water partition coefficient (Wildman–Crippen LogP) is 3.20. The molecule has 1 aliphatic rings. The SMILES string of the molecule is CCCNC(CCC)Cc1nc(C2(OC)CCCC2)no1. The van der Waals surface area contributed by atoms with Gasteiger partial charge in [-0.3, -0.25) is 0 Å². The zero-order valence-corrected chi connectivity index (χ0v) is 13.7. The molecule has 0 aromatic carbocycles. The van der Waals surface area contributed by atoms with Crippen LogP contribution < -0.4 is 5.32 Å². The second-order valence-electron chi connectivity index (χ2n) is 6.06. The van der Waals surface area contributed by atoms with Gasteiger partial charge < -0.3 is 14.6 Å². The van der Waals surface area contributed by atoms with Crippen LogP contribution in [0.1, 0.15) is 70.5 Å². The molecule has 1 saturated carbocycles. The van der Waals surface area contributed by atoms with Gasteiger partial charge in [-0.2, -0.15) is 4.98 Å².